The zero-order chi connectivity index (χ0) is 18.0. The largest absolute Gasteiger partial charge is 0.491 e. The first kappa shape index (κ1) is 16.9. The summed E-state index contributed by atoms with van der Waals surface area (Å²) in [5.74, 6) is -0.0661. The molecule has 0 unspecified atom stereocenters. The van der Waals surface area contributed by atoms with E-state index in [0.29, 0.717) is 18.0 Å². The summed E-state index contributed by atoms with van der Waals surface area (Å²) in [6.07, 6.45) is 0. The third-order valence-electron chi connectivity index (χ3n) is 3.84. The maximum Gasteiger partial charge on any atom is 0.201 e. The molecule has 3 rings (SSSR count). The summed E-state index contributed by atoms with van der Waals surface area (Å²) in [5, 5.41) is 0. The van der Waals surface area contributed by atoms with Gasteiger partial charge in [-0.25, -0.2) is 0 Å². The van der Waals surface area contributed by atoms with Gasteiger partial charge in [0.25, 0.3) is 0 Å². The topological polar surface area (TPSA) is 131 Å². The fourth-order valence-corrected chi connectivity index (χ4v) is 2.85. The van der Waals surface area contributed by atoms with Crippen molar-refractivity contribution < 1.29 is 19.1 Å². The first-order valence-corrected chi connectivity index (χ1v) is 7.90. The van der Waals surface area contributed by atoms with Gasteiger partial charge in [-0.2, -0.15) is 0 Å². The second kappa shape index (κ2) is 6.92. The number of hydrogen-bond acceptors (Lipinski definition) is 7. The monoisotopic (exact) mass is 341 g/mol. The Morgan fingerprint density at radius 3 is 2.12 bits per heavy atom. The highest BCUT2D eigenvalue weighted by Gasteiger charge is 2.35. The molecule has 0 saturated carbocycles. The van der Waals surface area contributed by atoms with E-state index in [9.17, 15) is 9.59 Å². The predicted molar refractivity (Wildman–Crippen MR) is 93.3 cm³/mol. The summed E-state index contributed by atoms with van der Waals surface area (Å²) >= 11 is 0. The third kappa shape index (κ3) is 2.95. The molecule has 6 N–H and O–H groups in total. The third-order valence-corrected chi connectivity index (χ3v) is 3.84. The lowest BCUT2D eigenvalue weighted by Gasteiger charge is -2.22. The molecule has 0 aromatic heterocycles. The van der Waals surface area contributed by atoms with Gasteiger partial charge in [0.15, 0.2) is 5.78 Å². The van der Waals surface area contributed by atoms with Crippen molar-refractivity contribution in [2.45, 2.75) is 0 Å². The summed E-state index contributed by atoms with van der Waals surface area (Å²) in [4.78, 5) is 26.0. The van der Waals surface area contributed by atoms with E-state index in [1.54, 1.807) is 18.2 Å². The number of fused-ring (bicyclic) bond motifs is 2. The minimum absolute atomic E-state index is 0.184. The molecule has 130 valence electrons. The van der Waals surface area contributed by atoms with E-state index in [0.717, 1.165) is 0 Å². The van der Waals surface area contributed by atoms with E-state index in [1.807, 2.05) is 0 Å². The van der Waals surface area contributed by atoms with Gasteiger partial charge in [-0.15, -0.1) is 0 Å². The molecular weight excluding hydrogens is 322 g/mol. The number of anilines is 1. The molecule has 2 aromatic carbocycles. The van der Waals surface area contributed by atoms with E-state index < -0.39 is 0 Å². The zero-order valence-corrected chi connectivity index (χ0v) is 13.6. The highest BCUT2D eigenvalue weighted by Crippen LogP contribution is 2.38. The van der Waals surface area contributed by atoms with E-state index >= 15 is 0 Å². The molecule has 2 aromatic rings. The second-order valence-electron chi connectivity index (χ2n) is 5.55. The highest BCUT2D eigenvalue weighted by atomic mass is 16.5. The fourth-order valence-electron chi connectivity index (χ4n) is 2.85. The van der Waals surface area contributed by atoms with Gasteiger partial charge in [-0.05, 0) is 12.1 Å². The van der Waals surface area contributed by atoms with Crippen molar-refractivity contribution in [1.29, 1.82) is 0 Å². The second-order valence-corrected chi connectivity index (χ2v) is 5.55. The molecule has 0 saturated heterocycles. The van der Waals surface area contributed by atoms with Crippen LogP contribution in [0.3, 0.4) is 0 Å². The Morgan fingerprint density at radius 2 is 1.44 bits per heavy atom. The molecular formula is C18H19N3O4. The highest BCUT2D eigenvalue weighted by molar-refractivity contribution is 6.30. The number of hydrogen-bond donors (Lipinski definition) is 3. The van der Waals surface area contributed by atoms with Gasteiger partial charge < -0.3 is 26.7 Å². The molecule has 0 atom stereocenters. The van der Waals surface area contributed by atoms with Crippen molar-refractivity contribution in [1.82, 2.24) is 0 Å². The van der Waals surface area contributed by atoms with Crippen molar-refractivity contribution in [3.8, 4) is 11.5 Å². The molecule has 7 heteroatoms. The van der Waals surface area contributed by atoms with Crippen LogP contribution in [0.15, 0.2) is 30.3 Å². The Kier molecular flexibility index (Phi) is 4.69. The van der Waals surface area contributed by atoms with Crippen LogP contribution in [0.25, 0.3) is 0 Å². The van der Waals surface area contributed by atoms with Crippen LogP contribution in [0.2, 0.25) is 0 Å². The van der Waals surface area contributed by atoms with Gasteiger partial charge in [0, 0.05) is 36.0 Å². The Bertz CT molecular complexity index is 848. The molecule has 0 spiro atoms. The first-order chi connectivity index (χ1) is 12.1. The number of ketones is 2. The smallest absolute Gasteiger partial charge is 0.201 e. The molecule has 0 aliphatic heterocycles. The summed E-state index contributed by atoms with van der Waals surface area (Å²) in [6, 6.07) is 7.91. The molecule has 0 radical (unpaired) electrons. The number of carbonyl (C=O) groups excluding carboxylic acids is 2. The minimum atomic E-state index is -0.343. The van der Waals surface area contributed by atoms with Crippen molar-refractivity contribution in [2.75, 3.05) is 32.0 Å². The average Bonchev–Trinajstić information content (AvgIpc) is 2.61. The van der Waals surface area contributed by atoms with Gasteiger partial charge in [0.1, 0.15) is 24.7 Å². The van der Waals surface area contributed by atoms with Crippen molar-refractivity contribution in [3.05, 3.63) is 52.6 Å². The quantitative estimate of drug-likeness (QED) is 0.563. The van der Waals surface area contributed by atoms with Crippen LogP contribution in [-0.4, -0.2) is 37.9 Å². The number of rotatable bonds is 6. The summed E-state index contributed by atoms with van der Waals surface area (Å²) in [6.45, 7) is 1.01. The Morgan fingerprint density at radius 1 is 0.800 bits per heavy atom. The molecule has 1 aliphatic carbocycles. The van der Waals surface area contributed by atoms with E-state index in [2.05, 4.69) is 0 Å². The maximum atomic E-state index is 13.1. The summed E-state index contributed by atoms with van der Waals surface area (Å²) in [5.41, 5.74) is 18.0. The fraction of sp³-hybridized carbons (Fsp3) is 0.222. The Balaban J connectivity index is 2.17. The van der Waals surface area contributed by atoms with Crippen molar-refractivity contribution in [2.24, 2.45) is 11.5 Å². The van der Waals surface area contributed by atoms with Crippen molar-refractivity contribution >= 4 is 17.3 Å². The van der Waals surface area contributed by atoms with Crippen LogP contribution in [0.1, 0.15) is 31.8 Å². The van der Waals surface area contributed by atoms with E-state index in [-0.39, 0.29) is 59.3 Å². The zero-order valence-electron chi connectivity index (χ0n) is 13.6. The van der Waals surface area contributed by atoms with Crippen molar-refractivity contribution in [3.63, 3.8) is 0 Å². The molecule has 1 aliphatic rings. The van der Waals surface area contributed by atoms with E-state index in [4.69, 9.17) is 26.7 Å². The van der Waals surface area contributed by atoms with Crippen LogP contribution in [-0.2, 0) is 0 Å². The SMILES string of the molecule is NCCOc1cccc2c1C(=O)c1c(OCCN)cc(N)cc1C2=O. The van der Waals surface area contributed by atoms with Crippen LogP contribution in [0, 0.1) is 0 Å². The lowest BCUT2D eigenvalue weighted by Crippen LogP contribution is -2.24. The Labute approximate surface area is 144 Å². The van der Waals surface area contributed by atoms with Gasteiger partial charge in [-0.1, -0.05) is 12.1 Å². The van der Waals surface area contributed by atoms with Crippen LogP contribution in [0.4, 0.5) is 5.69 Å². The van der Waals surface area contributed by atoms with Crippen LogP contribution < -0.4 is 26.7 Å². The average molecular weight is 341 g/mol. The standard InChI is InChI=1S/C18H19N3O4/c19-4-6-24-13-3-1-2-11-15(13)18(23)16-12(17(11)22)8-10(21)9-14(16)25-7-5-20/h1-3,8-9H,4-7,19-21H2. The van der Waals surface area contributed by atoms with Crippen LogP contribution >= 0.6 is 0 Å². The normalized spacial score (nSPS) is 12.6. The van der Waals surface area contributed by atoms with Gasteiger partial charge in [-0.3, -0.25) is 9.59 Å². The molecule has 0 amide bonds. The molecule has 0 fully saturated rings. The number of ether oxygens (including phenoxy) is 2. The predicted octanol–water partition coefficient (Wildman–Crippen LogP) is 0.719. The molecule has 7 nitrogen and oxygen atoms in total. The number of nitrogens with two attached hydrogens (primary N) is 3. The summed E-state index contributed by atoms with van der Waals surface area (Å²) < 4.78 is 11.1. The lowest BCUT2D eigenvalue weighted by molar-refractivity contribution is 0.0972. The molecule has 25 heavy (non-hydrogen) atoms. The molecule has 0 bridgehead atoms. The van der Waals surface area contributed by atoms with Gasteiger partial charge >= 0.3 is 0 Å². The van der Waals surface area contributed by atoms with Gasteiger partial charge in [0.2, 0.25) is 5.78 Å². The maximum absolute atomic E-state index is 13.1. The molecule has 0 heterocycles. The van der Waals surface area contributed by atoms with Crippen LogP contribution in [0.5, 0.6) is 11.5 Å². The number of nitrogen functional groups attached to an aromatic ring is 1. The Hall–Kier alpha value is -2.90. The van der Waals surface area contributed by atoms with Gasteiger partial charge in [0.05, 0.1) is 11.1 Å². The summed E-state index contributed by atoms with van der Waals surface area (Å²) in [7, 11) is 0. The first-order valence-electron chi connectivity index (χ1n) is 7.90. The minimum Gasteiger partial charge on any atom is -0.491 e. The van der Waals surface area contributed by atoms with E-state index in [1.165, 1.54) is 12.1 Å². The number of carbonyl (C=O) groups is 2. The number of benzene rings is 2. The lowest BCUT2D eigenvalue weighted by atomic mass is 9.83.